The van der Waals surface area contributed by atoms with E-state index < -0.39 is 0 Å². The topological polar surface area (TPSA) is 24.1 Å². The van der Waals surface area contributed by atoms with Gasteiger partial charge in [0.15, 0.2) is 0 Å². The first kappa shape index (κ1) is 10.3. The Balaban J connectivity index is 3.58. The standard InChI is InChI=1S/C7H18N2S/c1-5-7(3,8-4)10-9-6-2/h8-9H,5-6H2,1-4H3. The predicted octanol–water partition coefficient (Wildman–Crippen LogP) is 1.59. The van der Waals surface area contributed by atoms with Crippen LogP contribution in [-0.4, -0.2) is 18.5 Å². The highest BCUT2D eigenvalue weighted by Gasteiger charge is 2.18. The third kappa shape index (κ3) is 3.44. The number of hydrogen-bond donors (Lipinski definition) is 2. The first-order chi connectivity index (χ1) is 4.68. The molecule has 10 heavy (non-hydrogen) atoms. The van der Waals surface area contributed by atoms with E-state index in [9.17, 15) is 0 Å². The van der Waals surface area contributed by atoms with E-state index in [1.807, 2.05) is 7.05 Å². The van der Waals surface area contributed by atoms with Gasteiger partial charge in [0, 0.05) is 6.54 Å². The van der Waals surface area contributed by atoms with Gasteiger partial charge in [0.1, 0.15) is 0 Å². The zero-order chi connectivity index (χ0) is 8.04. The second-order valence-corrected chi connectivity index (χ2v) is 3.83. The molecule has 0 saturated carbocycles. The van der Waals surface area contributed by atoms with Gasteiger partial charge in [-0.3, -0.25) is 4.72 Å². The summed E-state index contributed by atoms with van der Waals surface area (Å²) < 4.78 is 3.24. The van der Waals surface area contributed by atoms with E-state index in [0.29, 0.717) is 0 Å². The van der Waals surface area contributed by atoms with Gasteiger partial charge in [-0.05, 0) is 20.4 Å². The Kier molecular flexibility index (Phi) is 5.13. The van der Waals surface area contributed by atoms with Crippen LogP contribution < -0.4 is 10.0 Å². The van der Waals surface area contributed by atoms with Gasteiger partial charge in [-0.15, -0.1) is 0 Å². The molecule has 0 aromatic heterocycles. The van der Waals surface area contributed by atoms with Crippen LogP contribution in [0.25, 0.3) is 0 Å². The van der Waals surface area contributed by atoms with Crippen molar-refractivity contribution in [3.8, 4) is 0 Å². The molecule has 0 aliphatic rings. The number of hydrogen-bond acceptors (Lipinski definition) is 3. The summed E-state index contributed by atoms with van der Waals surface area (Å²) in [6.45, 7) is 7.50. The van der Waals surface area contributed by atoms with Gasteiger partial charge < -0.3 is 5.32 Å². The van der Waals surface area contributed by atoms with Crippen LogP contribution in [0.15, 0.2) is 0 Å². The van der Waals surface area contributed by atoms with Gasteiger partial charge in [-0.2, -0.15) is 0 Å². The van der Waals surface area contributed by atoms with Crippen molar-refractivity contribution in [3.05, 3.63) is 0 Å². The normalized spacial score (nSPS) is 16.8. The lowest BCUT2D eigenvalue weighted by atomic mass is 10.2. The highest BCUT2D eigenvalue weighted by molar-refractivity contribution is 7.98. The highest BCUT2D eigenvalue weighted by Crippen LogP contribution is 2.20. The maximum absolute atomic E-state index is 3.26. The molecule has 1 unspecified atom stereocenters. The average Bonchev–Trinajstić information content (AvgIpc) is 2.00. The Morgan fingerprint density at radius 1 is 1.40 bits per heavy atom. The fourth-order valence-corrected chi connectivity index (χ4v) is 1.24. The lowest BCUT2D eigenvalue weighted by Crippen LogP contribution is -2.37. The second kappa shape index (κ2) is 4.99. The molecule has 2 nitrogen and oxygen atoms in total. The van der Waals surface area contributed by atoms with Gasteiger partial charge in [0.25, 0.3) is 0 Å². The summed E-state index contributed by atoms with van der Waals surface area (Å²) in [5, 5.41) is 3.26. The van der Waals surface area contributed by atoms with Gasteiger partial charge in [0.05, 0.1) is 4.87 Å². The molecule has 0 spiro atoms. The maximum atomic E-state index is 3.26. The Morgan fingerprint density at radius 3 is 2.30 bits per heavy atom. The molecule has 1 atom stereocenters. The fraction of sp³-hybridized carbons (Fsp3) is 1.00. The number of nitrogens with one attached hydrogen (secondary N) is 2. The Labute approximate surface area is 68.3 Å². The first-order valence-corrected chi connectivity index (χ1v) is 4.60. The van der Waals surface area contributed by atoms with Gasteiger partial charge >= 0.3 is 0 Å². The molecule has 62 valence electrons. The van der Waals surface area contributed by atoms with Crippen molar-refractivity contribution in [1.82, 2.24) is 10.0 Å². The summed E-state index contributed by atoms with van der Waals surface area (Å²) in [4.78, 5) is 0.190. The molecular formula is C7H18N2S. The highest BCUT2D eigenvalue weighted by atomic mass is 32.2. The molecule has 0 fully saturated rings. The van der Waals surface area contributed by atoms with Crippen LogP contribution in [0.1, 0.15) is 27.2 Å². The summed E-state index contributed by atoms with van der Waals surface area (Å²) in [6, 6.07) is 0. The molecular weight excluding hydrogens is 144 g/mol. The lowest BCUT2D eigenvalue weighted by Gasteiger charge is -2.26. The molecule has 0 heterocycles. The molecule has 0 aromatic rings. The van der Waals surface area contributed by atoms with Crippen molar-refractivity contribution in [2.24, 2.45) is 0 Å². The molecule has 0 aliphatic heterocycles. The van der Waals surface area contributed by atoms with Gasteiger partial charge in [-0.1, -0.05) is 25.8 Å². The smallest absolute Gasteiger partial charge is 0.0756 e. The Hall–Kier alpha value is 0.270. The monoisotopic (exact) mass is 162 g/mol. The third-order valence-corrected chi connectivity index (χ3v) is 3.02. The van der Waals surface area contributed by atoms with E-state index in [1.165, 1.54) is 0 Å². The quantitative estimate of drug-likeness (QED) is 0.474. The summed E-state index contributed by atoms with van der Waals surface area (Å²) in [6.07, 6.45) is 1.13. The van der Waals surface area contributed by atoms with Crippen LogP contribution in [0.5, 0.6) is 0 Å². The Bertz CT molecular complexity index is 81.7. The van der Waals surface area contributed by atoms with E-state index in [4.69, 9.17) is 0 Å². The van der Waals surface area contributed by atoms with Gasteiger partial charge in [-0.25, -0.2) is 0 Å². The van der Waals surface area contributed by atoms with Crippen molar-refractivity contribution < 1.29 is 0 Å². The molecule has 2 N–H and O–H groups in total. The summed E-state index contributed by atoms with van der Waals surface area (Å²) >= 11 is 1.76. The molecule has 0 aromatic carbocycles. The summed E-state index contributed by atoms with van der Waals surface area (Å²) in [7, 11) is 1.99. The predicted molar refractivity (Wildman–Crippen MR) is 49.0 cm³/mol. The number of rotatable bonds is 5. The molecule has 0 aliphatic carbocycles. The zero-order valence-electron chi connectivity index (χ0n) is 7.32. The minimum atomic E-state index is 0.190. The average molecular weight is 162 g/mol. The van der Waals surface area contributed by atoms with Crippen molar-refractivity contribution >= 4 is 11.9 Å². The molecule has 0 rings (SSSR count). The zero-order valence-corrected chi connectivity index (χ0v) is 8.14. The molecule has 0 radical (unpaired) electrons. The SMILES string of the molecule is CCNSC(C)(CC)NC. The first-order valence-electron chi connectivity index (χ1n) is 3.78. The van der Waals surface area contributed by atoms with E-state index in [-0.39, 0.29) is 4.87 Å². The van der Waals surface area contributed by atoms with E-state index in [2.05, 4.69) is 30.8 Å². The molecule has 3 heteroatoms. The van der Waals surface area contributed by atoms with Crippen molar-refractivity contribution in [2.45, 2.75) is 32.1 Å². The van der Waals surface area contributed by atoms with Crippen LogP contribution in [-0.2, 0) is 0 Å². The minimum Gasteiger partial charge on any atom is -0.305 e. The third-order valence-electron chi connectivity index (χ3n) is 1.65. The van der Waals surface area contributed by atoms with Crippen LogP contribution >= 0.6 is 11.9 Å². The van der Waals surface area contributed by atoms with E-state index in [1.54, 1.807) is 11.9 Å². The van der Waals surface area contributed by atoms with E-state index >= 15 is 0 Å². The molecule has 0 bridgehead atoms. The van der Waals surface area contributed by atoms with Gasteiger partial charge in [0.2, 0.25) is 0 Å². The van der Waals surface area contributed by atoms with Crippen LogP contribution in [0.2, 0.25) is 0 Å². The fourth-order valence-electron chi connectivity index (χ4n) is 0.531. The van der Waals surface area contributed by atoms with Crippen LogP contribution in [0.4, 0.5) is 0 Å². The lowest BCUT2D eigenvalue weighted by molar-refractivity contribution is 0.535. The van der Waals surface area contributed by atoms with Crippen molar-refractivity contribution in [2.75, 3.05) is 13.6 Å². The minimum absolute atomic E-state index is 0.190. The molecule has 0 amide bonds. The molecule has 0 saturated heterocycles. The second-order valence-electron chi connectivity index (χ2n) is 2.43. The van der Waals surface area contributed by atoms with Crippen LogP contribution in [0, 0.1) is 0 Å². The maximum Gasteiger partial charge on any atom is 0.0756 e. The largest absolute Gasteiger partial charge is 0.305 e. The Morgan fingerprint density at radius 2 is 2.00 bits per heavy atom. The van der Waals surface area contributed by atoms with Crippen molar-refractivity contribution in [3.63, 3.8) is 0 Å². The van der Waals surface area contributed by atoms with Crippen LogP contribution in [0.3, 0.4) is 0 Å². The van der Waals surface area contributed by atoms with E-state index in [0.717, 1.165) is 13.0 Å². The summed E-state index contributed by atoms with van der Waals surface area (Å²) in [5.74, 6) is 0. The van der Waals surface area contributed by atoms with Crippen molar-refractivity contribution in [1.29, 1.82) is 0 Å². The summed E-state index contributed by atoms with van der Waals surface area (Å²) in [5.41, 5.74) is 0.